The van der Waals surface area contributed by atoms with Crippen molar-refractivity contribution in [2.45, 2.75) is 33.1 Å². The van der Waals surface area contributed by atoms with E-state index in [0.29, 0.717) is 18.0 Å². The lowest BCUT2D eigenvalue weighted by atomic mass is 9.84. The van der Waals surface area contributed by atoms with Crippen LogP contribution in [0.5, 0.6) is 0 Å². The van der Waals surface area contributed by atoms with Crippen LogP contribution in [0.3, 0.4) is 0 Å². The molecule has 2 N–H and O–H groups in total. The summed E-state index contributed by atoms with van der Waals surface area (Å²) in [4.78, 5) is 4.26. The molecule has 1 atom stereocenters. The van der Waals surface area contributed by atoms with Crippen LogP contribution in [0, 0.1) is 17.0 Å². The Morgan fingerprint density at radius 2 is 1.95 bits per heavy atom. The van der Waals surface area contributed by atoms with Crippen LogP contribution in [0.1, 0.15) is 39.0 Å². The number of rotatable bonds is 4. The van der Waals surface area contributed by atoms with Crippen LogP contribution in [0.2, 0.25) is 0 Å². The van der Waals surface area contributed by atoms with Gasteiger partial charge in [-0.25, -0.2) is 8.78 Å². The van der Waals surface area contributed by atoms with Gasteiger partial charge in [0.25, 0.3) is 0 Å². The van der Waals surface area contributed by atoms with E-state index in [2.05, 4.69) is 30.9 Å². The second-order valence-corrected chi connectivity index (χ2v) is 6.28. The van der Waals surface area contributed by atoms with Gasteiger partial charge in [-0.2, -0.15) is 4.98 Å². The largest absolute Gasteiger partial charge is 0.339 e. The van der Waals surface area contributed by atoms with E-state index in [4.69, 9.17) is 10.3 Å². The van der Waals surface area contributed by atoms with Crippen LogP contribution in [0.15, 0.2) is 22.7 Å². The van der Waals surface area contributed by atoms with Crippen molar-refractivity contribution in [1.82, 2.24) is 10.1 Å². The molecule has 1 unspecified atom stereocenters. The minimum absolute atomic E-state index is 0.0588. The van der Waals surface area contributed by atoms with Gasteiger partial charge in [-0.05, 0) is 30.0 Å². The third-order valence-corrected chi connectivity index (χ3v) is 3.11. The molecule has 0 aliphatic rings. The van der Waals surface area contributed by atoms with Crippen LogP contribution in [0.25, 0.3) is 11.4 Å². The number of benzene rings is 1. The van der Waals surface area contributed by atoms with Crippen molar-refractivity contribution < 1.29 is 13.3 Å². The van der Waals surface area contributed by atoms with E-state index in [1.807, 2.05) is 0 Å². The van der Waals surface area contributed by atoms with Gasteiger partial charge in [0.05, 0.1) is 5.92 Å². The maximum atomic E-state index is 13.2. The summed E-state index contributed by atoms with van der Waals surface area (Å²) in [5, 5.41) is 3.83. The van der Waals surface area contributed by atoms with Gasteiger partial charge in [0.1, 0.15) is 0 Å². The molecule has 21 heavy (non-hydrogen) atoms. The number of hydrogen-bond acceptors (Lipinski definition) is 4. The lowest BCUT2D eigenvalue weighted by molar-refractivity contribution is 0.287. The molecule has 6 heteroatoms. The van der Waals surface area contributed by atoms with Crippen molar-refractivity contribution in [3.8, 4) is 11.4 Å². The summed E-state index contributed by atoms with van der Waals surface area (Å²) in [6, 6.07) is 3.50. The normalized spacial score (nSPS) is 13.4. The molecule has 0 fully saturated rings. The molecule has 0 spiro atoms. The van der Waals surface area contributed by atoms with E-state index in [1.165, 1.54) is 6.07 Å². The van der Waals surface area contributed by atoms with Crippen molar-refractivity contribution in [2.24, 2.45) is 11.1 Å². The van der Waals surface area contributed by atoms with Gasteiger partial charge >= 0.3 is 0 Å². The smallest absolute Gasteiger partial charge is 0.231 e. The lowest BCUT2D eigenvalue weighted by Crippen LogP contribution is -2.19. The second-order valence-electron chi connectivity index (χ2n) is 6.28. The zero-order valence-corrected chi connectivity index (χ0v) is 12.4. The molecular formula is C15H19F2N3O. The quantitative estimate of drug-likeness (QED) is 0.937. The van der Waals surface area contributed by atoms with Crippen LogP contribution in [-0.4, -0.2) is 16.7 Å². The number of nitrogens with two attached hydrogens (primary N) is 1. The van der Waals surface area contributed by atoms with E-state index in [1.54, 1.807) is 0 Å². The zero-order chi connectivity index (χ0) is 15.6. The van der Waals surface area contributed by atoms with E-state index in [0.717, 1.165) is 18.6 Å². The Morgan fingerprint density at radius 1 is 1.24 bits per heavy atom. The second kappa shape index (κ2) is 5.89. The molecule has 1 aromatic carbocycles. The fourth-order valence-corrected chi connectivity index (χ4v) is 2.16. The van der Waals surface area contributed by atoms with Crippen LogP contribution >= 0.6 is 0 Å². The molecule has 0 amide bonds. The Bertz CT molecular complexity index is 620. The predicted octanol–water partition coefficient (Wildman–Crippen LogP) is 3.49. The summed E-state index contributed by atoms with van der Waals surface area (Å²) < 4.78 is 31.4. The van der Waals surface area contributed by atoms with Gasteiger partial charge in [0.2, 0.25) is 11.7 Å². The van der Waals surface area contributed by atoms with Gasteiger partial charge in [-0.3, -0.25) is 0 Å². The predicted molar refractivity (Wildman–Crippen MR) is 75.5 cm³/mol. The molecule has 2 aromatic rings. The monoisotopic (exact) mass is 295 g/mol. The molecule has 1 aromatic heterocycles. The van der Waals surface area contributed by atoms with Gasteiger partial charge in [0, 0.05) is 12.1 Å². The Balaban J connectivity index is 2.25. The number of aromatic nitrogens is 2. The van der Waals surface area contributed by atoms with Crippen molar-refractivity contribution in [3.05, 3.63) is 35.7 Å². The van der Waals surface area contributed by atoms with Crippen molar-refractivity contribution in [1.29, 1.82) is 0 Å². The molecule has 0 aliphatic carbocycles. The standard InChI is InChI=1S/C15H19F2N3O/c1-15(2,3)7-10(8-18)14-19-13(20-21-14)9-4-5-11(16)12(17)6-9/h4-6,10H,7-8,18H2,1-3H3. The van der Waals surface area contributed by atoms with E-state index in [-0.39, 0.29) is 17.2 Å². The van der Waals surface area contributed by atoms with Gasteiger partial charge < -0.3 is 10.3 Å². The third-order valence-electron chi connectivity index (χ3n) is 3.11. The summed E-state index contributed by atoms with van der Waals surface area (Å²) >= 11 is 0. The summed E-state index contributed by atoms with van der Waals surface area (Å²) in [5.74, 6) is -1.25. The molecule has 4 nitrogen and oxygen atoms in total. The van der Waals surface area contributed by atoms with Crippen LogP contribution < -0.4 is 5.73 Å². The summed E-state index contributed by atoms with van der Waals surface area (Å²) in [7, 11) is 0. The lowest BCUT2D eigenvalue weighted by Gasteiger charge is -2.22. The number of nitrogens with zero attached hydrogens (tertiary/aromatic N) is 2. The van der Waals surface area contributed by atoms with Gasteiger partial charge in [-0.15, -0.1) is 0 Å². The third kappa shape index (κ3) is 3.85. The number of halogens is 2. The molecule has 0 bridgehead atoms. The van der Waals surface area contributed by atoms with Crippen LogP contribution in [0.4, 0.5) is 8.78 Å². The maximum absolute atomic E-state index is 13.2. The molecular weight excluding hydrogens is 276 g/mol. The van der Waals surface area contributed by atoms with E-state index < -0.39 is 11.6 Å². The van der Waals surface area contributed by atoms with Gasteiger partial charge in [-0.1, -0.05) is 25.9 Å². The summed E-state index contributed by atoms with van der Waals surface area (Å²) in [5.41, 5.74) is 6.21. The molecule has 0 saturated carbocycles. The van der Waals surface area contributed by atoms with E-state index in [9.17, 15) is 8.78 Å². The summed E-state index contributed by atoms with van der Waals surface area (Å²) in [6.45, 7) is 6.68. The average Bonchev–Trinajstić information content (AvgIpc) is 2.87. The fraction of sp³-hybridized carbons (Fsp3) is 0.467. The Labute approximate surface area is 122 Å². The minimum Gasteiger partial charge on any atom is -0.339 e. The molecule has 0 radical (unpaired) electrons. The molecule has 114 valence electrons. The molecule has 0 saturated heterocycles. The first-order valence-corrected chi connectivity index (χ1v) is 6.79. The Morgan fingerprint density at radius 3 is 2.52 bits per heavy atom. The molecule has 2 rings (SSSR count). The van der Waals surface area contributed by atoms with Crippen molar-refractivity contribution in [2.75, 3.05) is 6.54 Å². The van der Waals surface area contributed by atoms with E-state index >= 15 is 0 Å². The fourth-order valence-electron chi connectivity index (χ4n) is 2.16. The minimum atomic E-state index is -0.941. The highest BCUT2D eigenvalue weighted by Crippen LogP contribution is 2.30. The first-order valence-electron chi connectivity index (χ1n) is 6.79. The molecule has 1 heterocycles. The maximum Gasteiger partial charge on any atom is 0.231 e. The highest BCUT2D eigenvalue weighted by molar-refractivity contribution is 5.54. The topological polar surface area (TPSA) is 64.9 Å². The summed E-state index contributed by atoms with van der Waals surface area (Å²) in [6.07, 6.45) is 0.795. The first-order chi connectivity index (χ1) is 9.80. The van der Waals surface area contributed by atoms with Crippen molar-refractivity contribution in [3.63, 3.8) is 0 Å². The average molecular weight is 295 g/mol. The highest BCUT2D eigenvalue weighted by Gasteiger charge is 2.24. The first kappa shape index (κ1) is 15.6. The van der Waals surface area contributed by atoms with Gasteiger partial charge in [0.15, 0.2) is 11.6 Å². The SMILES string of the molecule is CC(C)(C)CC(CN)c1nc(-c2ccc(F)c(F)c2)no1. The Hall–Kier alpha value is -1.82. The van der Waals surface area contributed by atoms with Crippen molar-refractivity contribution >= 4 is 0 Å². The van der Waals surface area contributed by atoms with Crippen LogP contribution in [-0.2, 0) is 0 Å². The highest BCUT2D eigenvalue weighted by atomic mass is 19.2. The zero-order valence-electron chi connectivity index (χ0n) is 12.4. The molecule has 0 aliphatic heterocycles. The number of hydrogen-bond donors (Lipinski definition) is 1. The Kier molecular flexibility index (Phi) is 4.37.